The van der Waals surface area contributed by atoms with Gasteiger partial charge in [-0.3, -0.25) is 20.3 Å². The van der Waals surface area contributed by atoms with Crippen LogP contribution in [-0.4, -0.2) is 41.7 Å². The van der Waals surface area contributed by atoms with Crippen LogP contribution < -0.4 is 15.5 Å². The van der Waals surface area contributed by atoms with Gasteiger partial charge in [0.05, 0.1) is 22.3 Å². The van der Waals surface area contributed by atoms with E-state index in [9.17, 15) is 19.6 Å². The minimum Gasteiger partial charge on any atom is -0.454 e. The maximum Gasteiger partial charge on any atom is 0.414 e. The highest BCUT2D eigenvalue weighted by Gasteiger charge is 2.25. The Hall–Kier alpha value is -4.59. The molecule has 0 atom stereocenters. The van der Waals surface area contributed by atoms with Gasteiger partial charge in [-0.15, -0.1) is 0 Å². The first-order valence-corrected chi connectivity index (χ1v) is 12.9. The Balaban J connectivity index is 1.44. The number of nitrogens with one attached hydrogen (secondary N) is 2. The lowest BCUT2D eigenvalue weighted by molar-refractivity contribution is -0.114. The van der Waals surface area contributed by atoms with E-state index in [0.29, 0.717) is 30.8 Å². The van der Waals surface area contributed by atoms with Crippen molar-refractivity contribution in [2.24, 2.45) is 5.10 Å². The number of carbonyl (C=O) groups is 3. The zero-order valence-corrected chi connectivity index (χ0v) is 22.8. The van der Waals surface area contributed by atoms with Gasteiger partial charge in [0.2, 0.25) is 5.71 Å². The Morgan fingerprint density at radius 3 is 2.50 bits per heavy atom. The minimum atomic E-state index is -1.04. The van der Waals surface area contributed by atoms with E-state index in [4.69, 9.17) is 27.9 Å². The Morgan fingerprint density at radius 2 is 1.82 bits per heavy atom. The molecule has 1 heterocycles. The standard InChI is InChI=1S/C28H23Cl2N5O5/c1-2-39-28(38)32-26(36)24(15-31)34-33-19-13-22(29)25(23(30)14-19)40-20-8-9-21-18(12-20)10-11-35(27(21)37)16-17-6-4-3-5-7-17/h3-9,12-14,33H,2,10-11,16H2,1H3,(H,32,36,38). The molecule has 0 aliphatic carbocycles. The van der Waals surface area contributed by atoms with Gasteiger partial charge in [0.1, 0.15) is 11.8 Å². The zero-order valence-electron chi connectivity index (χ0n) is 21.2. The first-order chi connectivity index (χ1) is 19.3. The van der Waals surface area contributed by atoms with Crippen LogP contribution >= 0.6 is 23.2 Å². The predicted octanol–water partition coefficient (Wildman–Crippen LogP) is 5.55. The highest BCUT2D eigenvalue weighted by molar-refractivity contribution is 6.47. The molecule has 204 valence electrons. The number of ether oxygens (including phenoxy) is 2. The third-order valence-electron chi connectivity index (χ3n) is 5.79. The molecule has 0 saturated carbocycles. The van der Waals surface area contributed by atoms with Crippen LogP contribution in [0.2, 0.25) is 10.0 Å². The van der Waals surface area contributed by atoms with E-state index in [1.165, 1.54) is 12.1 Å². The highest BCUT2D eigenvalue weighted by atomic mass is 35.5. The number of halogens is 2. The third kappa shape index (κ3) is 6.88. The molecule has 10 nitrogen and oxygen atoms in total. The van der Waals surface area contributed by atoms with Gasteiger partial charge in [-0.25, -0.2) is 4.79 Å². The van der Waals surface area contributed by atoms with Gasteiger partial charge in [0, 0.05) is 18.7 Å². The number of imide groups is 1. The number of nitriles is 1. The molecule has 0 saturated heterocycles. The fraction of sp³-hybridized carbons (Fsp3) is 0.179. The first-order valence-electron chi connectivity index (χ1n) is 12.1. The number of anilines is 1. The van der Waals surface area contributed by atoms with Crippen molar-refractivity contribution in [2.75, 3.05) is 18.6 Å². The summed E-state index contributed by atoms with van der Waals surface area (Å²) in [5.41, 5.74) is 4.69. The van der Waals surface area contributed by atoms with Crippen molar-refractivity contribution < 1.29 is 23.9 Å². The number of hydrogen-bond donors (Lipinski definition) is 2. The van der Waals surface area contributed by atoms with Crippen LogP contribution in [0.25, 0.3) is 0 Å². The Bertz CT molecular complexity index is 1500. The van der Waals surface area contributed by atoms with Crippen molar-refractivity contribution in [1.82, 2.24) is 10.2 Å². The monoisotopic (exact) mass is 579 g/mol. The van der Waals surface area contributed by atoms with E-state index in [0.717, 1.165) is 11.1 Å². The quantitative estimate of drug-likeness (QED) is 0.264. The summed E-state index contributed by atoms with van der Waals surface area (Å²) in [7, 11) is 0. The lowest BCUT2D eigenvalue weighted by atomic mass is 9.98. The van der Waals surface area contributed by atoms with Crippen LogP contribution in [-0.2, 0) is 22.5 Å². The van der Waals surface area contributed by atoms with Crippen LogP contribution in [0.4, 0.5) is 10.5 Å². The summed E-state index contributed by atoms with van der Waals surface area (Å²) in [5, 5.41) is 15.0. The number of hydrazone groups is 1. The van der Waals surface area contributed by atoms with Crippen molar-refractivity contribution in [3.05, 3.63) is 87.4 Å². The zero-order chi connectivity index (χ0) is 28.6. The fourth-order valence-corrected chi connectivity index (χ4v) is 4.50. The number of fused-ring (bicyclic) bond motifs is 1. The van der Waals surface area contributed by atoms with Crippen molar-refractivity contribution in [2.45, 2.75) is 19.9 Å². The van der Waals surface area contributed by atoms with Gasteiger partial charge >= 0.3 is 6.09 Å². The van der Waals surface area contributed by atoms with Crippen LogP contribution in [0.1, 0.15) is 28.4 Å². The summed E-state index contributed by atoms with van der Waals surface area (Å²) in [6.45, 7) is 2.74. The molecule has 2 N–H and O–H groups in total. The van der Waals surface area contributed by atoms with Gasteiger partial charge < -0.3 is 14.4 Å². The molecule has 3 aromatic rings. The second-order valence-corrected chi connectivity index (χ2v) is 9.33. The first kappa shape index (κ1) is 28.4. The molecule has 4 rings (SSSR count). The smallest absolute Gasteiger partial charge is 0.414 e. The van der Waals surface area contributed by atoms with Gasteiger partial charge in [-0.2, -0.15) is 10.4 Å². The molecule has 0 radical (unpaired) electrons. The molecular formula is C28H23Cl2N5O5. The van der Waals surface area contributed by atoms with Gasteiger partial charge in [-0.05, 0) is 54.8 Å². The average molecular weight is 580 g/mol. The summed E-state index contributed by atoms with van der Waals surface area (Å²) >= 11 is 12.8. The summed E-state index contributed by atoms with van der Waals surface area (Å²) in [6, 6.07) is 19.5. The lowest BCUT2D eigenvalue weighted by Gasteiger charge is -2.29. The van der Waals surface area contributed by atoms with E-state index in [-0.39, 0.29) is 34.0 Å². The molecular weight excluding hydrogens is 557 g/mol. The molecule has 12 heteroatoms. The molecule has 0 fully saturated rings. The normalized spacial score (nSPS) is 12.7. The highest BCUT2D eigenvalue weighted by Crippen LogP contribution is 2.39. The molecule has 3 aromatic carbocycles. The molecule has 0 aromatic heterocycles. The van der Waals surface area contributed by atoms with Crippen molar-refractivity contribution in [3.63, 3.8) is 0 Å². The molecule has 0 spiro atoms. The summed E-state index contributed by atoms with van der Waals surface area (Å²) in [6.07, 6.45) is -0.336. The molecule has 1 aliphatic rings. The van der Waals surface area contributed by atoms with E-state index >= 15 is 0 Å². The van der Waals surface area contributed by atoms with E-state index in [2.05, 4.69) is 15.3 Å². The van der Waals surface area contributed by atoms with Crippen LogP contribution in [0.3, 0.4) is 0 Å². The molecule has 1 aliphatic heterocycles. The summed E-state index contributed by atoms with van der Waals surface area (Å²) < 4.78 is 10.6. The second-order valence-electron chi connectivity index (χ2n) is 8.51. The largest absolute Gasteiger partial charge is 0.454 e. The lowest BCUT2D eigenvalue weighted by Crippen LogP contribution is -2.37. The maximum absolute atomic E-state index is 13.0. The van der Waals surface area contributed by atoms with Gasteiger partial charge in [0.25, 0.3) is 11.8 Å². The number of carbonyl (C=O) groups excluding carboxylic acids is 3. The Labute approximate surface area is 240 Å². The number of amides is 3. The molecule has 40 heavy (non-hydrogen) atoms. The maximum atomic E-state index is 13.0. The van der Waals surface area contributed by atoms with Crippen LogP contribution in [0.15, 0.2) is 65.8 Å². The Kier molecular flexibility index (Phi) is 9.22. The second kappa shape index (κ2) is 13.0. The summed E-state index contributed by atoms with van der Waals surface area (Å²) in [4.78, 5) is 38.3. The SMILES string of the molecule is CCOC(=O)NC(=O)C(C#N)=NNc1cc(Cl)c(Oc2ccc3c(c2)CCN(Cc2ccccc2)C3=O)c(Cl)c1. The Morgan fingerprint density at radius 1 is 1.10 bits per heavy atom. The van der Waals surface area contributed by atoms with Gasteiger partial charge in [0.15, 0.2) is 5.75 Å². The number of hydrogen-bond acceptors (Lipinski definition) is 8. The third-order valence-corrected chi connectivity index (χ3v) is 6.35. The van der Waals surface area contributed by atoms with Gasteiger partial charge in [-0.1, -0.05) is 53.5 Å². The fourth-order valence-electron chi connectivity index (χ4n) is 3.94. The molecule has 3 amide bonds. The number of alkyl carbamates (subject to hydrolysis) is 1. The molecule has 0 bridgehead atoms. The number of nitrogens with zero attached hydrogens (tertiary/aromatic N) is 3. The average Bonchev–Trinajstić information content (AvgIpc) is 2.93. The van der Waals surface area contributed by atoms with Crippen molar-refractivity contribution in [3.8, 4) is 17.6 Å². The minimum absolute atomic E-state index is 0.0450. The predicted molar refractivity (Wildman–Crippen MR) is 150 cm³/mol. The van der Waals surface area contributed by atoms with Crippen LogP contribution in [0.5, 0.6) is 11.5 Å². The summed E-state index contributed by atoms with van der Waals surface area (Å²) in [5.74, 6) is -0.463. The topological polar surface area (TPSA) is 133 Å². The van der Waals surface area contributed by atoms with E-state index in [1.807, 2.05) is 40.5 Å². The molecule has 0 unspecified atom stereocenters. The number of benzene rings is 3. The van der Waals surface area contributed by atoms with Crippen molar-refractivity contribution in [1.29, 1.82) is 5.26 Å². The van der Waals surface area contributed by atoms with E-state index < -0.39 is 17.7 Å². The van der Waals surface area contributed by atoms with E-state index in [1.54, 1.807) is 31.2 Å². The number of rotatable bonds is 8. The van der Waals surface area contributed by atoms with Crippen LogP contribution in [0, 0.1) is 11.3 Å². The van der Waals surface area contributed by atoms with Crippen molar-refractivity contribution >= 4 is 52.5 Å².